The number of carboxylic acids is 2. The van der Waals surface area contributed by atoms with Gasteiger partial charge in [0.15, 0.2) is 11.6 Å². The lowest BCUT2D eigenvalue weighted by atomic mass is 10.0. The SMILES string of the molecule is CSc1c(CCCC(=O)O)c2cccc(C=Cc3ccc(OCCCCOc4cccc(F)c4F)cc3)c2n1CC(=O)O. The van der Waals surface area contributed by atoms with Crippen molar-refractivity contribution >= 4 is 46.8 Å². The molecule has 0 amide bonds. The number of hydrogen-bond donors (Lipinski definition) is 2. The lowest BCUT2D eigenvalue weighted by Gasteiger charge is -2.09. The van der Waals surface area contributed by atoms with E-state index in [9.17, 15) is 23.5 Å². The van der Waals surface area contributed by atoms with Crippen LogP contribution in [0.5, 0.6) is 11.5 Å². The minimum Gasteiger partial charge on any atom is -0.494 e. The molecule has 0 saturated carbocycles. The van der Waals surface area contributed by atoms with Crippen LogP contribution in [0, 0.1) is 11.6 Å². The van der Waals surface area contributed by atoms with Gasteiger partial charge in [-0.1, -0.05) is 48.6 Å². The lowest BCUT2D eigenvalue weighted by Crippen LogP contribution is -2.10. The second-order valence-corrected chi connectivity index (χ2v) is 10.6. The first-order chi connectivity index (χ1) is 20.8. The molecule has 0 unspecified atom stereocenters. The summed E-state index contributed by atoms with van der Waals surface area (Å²) in [5.41, 5.74) is 3.56. The van der Waals surface area contributed by atoms with Gasteiger partial charge in [0.05, 0.1) is 23.8 Å². The van der Waals surface area contributed by atoms with E-state index in [1.54, 1.807) is 4.57 Å². The van der Waals surface area contributed by atoms with Crippen molar-refractivity contribution < 1.29 is 38.1 Å². The van der Waals surface area contributed by atoms with Crippen LogP contribution in [-0.2, 0) is 22.6 Å². The first-order valence-electron chi connectivity index (χ1n) is 13.9. The molecular formula is C33H33F2NO6S. The summed E-state index contributed by atoms with van der Waals surface area (Å²) in [5.74, 6) is -3.13. The Morgan fingerprint density at radius 2 is 1.60 bits per heavy atom. The van der Waals surface area contributed by atoms with Crippen molar-refractivity contribution in [3.05, 3.63) is 89.0 Å². The highest BCUT2D eigenvalue weighted by molar-refractivity contribution is 7.98. The van der Waals surface area contributed by atoms with Crippen molar-refractivity contribution in [1.29, 1.82) is 0 Å². The van der Waals surface area contributed by atoms with Crippen LogP contribution in [0.3, 0.4) is 0 Å². The molecule has 0 spiro atoms. The molecule has 0 aliphatic carbocycles. The number of ether oxygens (including phenoxy) is 2. The third-order valence-electron chi connectivity index (χ3n) is 6.79. The van der Waals surface area contributed by atoms with Crippen LogP contribution in [0.15, 0.2) is 65.7 Å². The first kappa shape index (κ1) is 31.6. The number of para-hydroxylation sites is 1. The van der Waals surface area contributed by atoms with Crippen LogP contribution < -0.4 is 9.47 Å². The van der Waals surface area contributed by atoms with Gasteiger partial charge in [-0.2, -0.15) is 4.39 Å². The normalized spacial score (nSPS) is 11.3. The van der Waals surface area contributed by atoms with Crippen molar-refractivity contribution in [3.63, 3.8) is 0 Å². The summed E-state index contributed by atoms with van der Waals surface area (Å²) >= 11 is 1.46. The standard InChI is InChI=1S/C33H33F2NO6S/c1-43-33-26(9-5-12-29(37)38)25-8-4-7-23(32(25)36(33)21-30(39)40)16-13-22-14-17-24(18-15-22)41-19-2-3-20-42-28-11-6-10-27(34)31(28)35/h4,6-8,10-11,13-18H,2-3,5,9,12,19-21H2,1H3,(H,37,38)(H,39,40). The first-order valence-corrected chi connectivity index (χ1v) is 15.1. The molecule has 0 radical (unpaired) electrons. The van der Waals surface area contributed by atoms with Crippen LogP contribution in [0.2, 0.25) is 0 Å². The van der Waals surface area contributed by atoms with Crippen molar-refractivity contribution in [2.45, 2.75) is 43.7 Å². The zero-order valence-electron chi connectivity index (χ0n) is 23.7. The molecule has 0 aliphatic heterocycles. The molecule has 3 aromatic carbocycles. The number of benzene rings is 3. The molecule has 2 N–H and O–H groups in total. The summed E-state index contributed by atoms with van der Waals surface area (Å²) in [5, 5.41) is 20.5. The van der Waals surface area contributed by atoms with Gasteiger partial charge in [0.1, 0.15) is 12.3 Å². The number of carboxylic acid groups (broad SMARTS) is 2. The molecule has 0 bridgehead atoms. The number of fused-ring (bicyclic) bond motifs is 1. The van der Waals surface area contributed by atoms with Crippen molar-refractivity contribution in [2.24, 2.45) is 0 Å². The Kier molecular flexibility index (Phi) is 11.2. The maximum absolute atomic E-state index is 13.6. The molecular weight excluding hydrogens is 576 g/mol. The minimum absolute atomic E-state index is 0.0466. The van der Waals surface area contributed by atoms with Crippen molar-refractivity contribution in [3.8, 4) is 11.5 Å². The van der Waals surface area contributed by atoms with E-state index in [1.807, 2.05) is 60.9 Å². The van der Waals surface area contributed by atoms with E-state index in [0.29, 0.717) is 38.0 Å². The van der Waals surface area contributed by atoms with Crippen LogP contribution in [0.1, 0.15) is 42.4 Å². The molecule has 43 heavy (non-hydrogen) atoms. The van der Waals surface area contributed by atoms with Gasteiger partial charge in [-0.15, -0.1) is 11.8 Å². The topological polar surface area (TPSA) is 98.0 Å². The Bertz CT molecular complexity index is 1600. The van der Waals surface area contributed by atoms with E-state index in [0.717, 1.165) is 38.7 Å². The van der Waals surface area contributed by atoms with Gasteiger partial charge >= 0.3 is 11.9 Å². The molecule has 1 aromatic heterocycles. The summed E-state index contributed by atoms with van der Waals surface area (Å²) in [6.07, 6.45) is 8.14. The van der Waals surface area contributed by atoms with E-state index in [4.69, 9.17) is 14.6 Å². The summed E-state index contributed by atoms with van der Waals surface area (Å²) in [7, 11) is 0. The predicted octanol–water partition coefficient (Wildman–Crippen LogP) is 7.54. The van der Waals surface area contributed by atoms with Crippen LogP contribution in [0.25, 0.3) is 23.1 Å². The zero-order chi connectivity index (χ0) is 30.8. The number of unbranched alkanes of at least 4 members (excludes halogenated alkanes) is 1. The molecule has 7 nitrogen and oxygen atoms in total. The fraction of sp³-hybridized carbons (Fsp3) is 0.273. The quantitative estimate of drug-likeness (QED) is 0.0769. The Hall–Kier alpha value is -4.31. The molecule has 0 saturated heterocycles. The Labute approximate surface area is 252 Å². The molecule has 0 aliphatic rings. The third kappa shape index (κ3) is 8.38. The summed E-state index contributed by atoms with van der Waals surface area (Å²) in [6.45, 7) is 0.494. The van der Waals surface area contributed by atoms with E-state index in [2.05, 4.69) is 0 Å². The average molecular weight is 610 g/mol. The average Bonchev–Trinajstić information content (AvgIpc) is 3.28. The maximum atomic E-state index is 13.6. The molecule has 0 fully saturated rings. The van der Waals surface area contributed by atoms with E-state index < -0.39 is 23.6 Å². The number of nitrogens with zero attached hydrogens (tertiary/aromatic N) is 1. The van der Waals surface area contributed by atoms with Gasteiger partial charge in [-0.05, 0) is 72.9 Å². The monoisotopic (exact) mass is 609 g/mol. The molecule has 10 heteroatoms. The van der Waals surface area contributed by atoms with E-state index in [-0.39, 0.29) is 25.3 Å². The lowest BCUT2D eigenvalue weighted by molar-refractivity contribution is -0.138. The van der Waals surface area contributed by atoms with Crippen LogP contribution in [-0.4, -0.2) is 46.2 Å². The molecule has 0 atom stereocenters. The highest BCUT2D eigenvalue weighted by atomic mass is 32.2. The Balaban J connectivity index is 1.40. The van der Waals surface area contributed by atoms with Gasteiger partial charge in [0, 0.05) is 11.8 Å². The smallest absolute Gasteiger partial charge is 0.323 e. The number of aromatic nitrogens is 1. The fourth-order valence-corrected chi connectivity index (χ4v) is 5.67. The second-order valence-electron chi connectivity index (χ2n) is 9.82. The Morgan fingerprint density at radius 3 is 2.30 bits per heavy atom. The van der Waals surface area contributed by atoms with Crippen molar-refractivity contribution in [1.82, 2.24) is 4.57 Å². The number of aryl methyl sites for hydroxylation is 1. The molecule has 4 rings (SSSR count). The van der Waals surface area contributed by atoms with Crippen molar-refractivity contribution in [2.75, 3.05) is 19.5 Å². The number of halogens is 2. The van der Waals surface area contributed by atoms with Gasteiger partial charge < -0.3 is 24.3 Å². The third-order valence-corrected chi connectivity index (χ3v) is 7.64. The van der Waals surface area contributed by atoms with Gasteiger partial charge in [0.2, 0.25) is 5.82 Å². The Morgan fingerprint density at radius 1 is 0.884 bits per heavy atom. The summed E-state index contributed by atoms with van der Waals surface area (Å²) in [6, 6.07) is 17.2. The highest BCUT2D eigenvalue weighted by Gasteiger charge is 2.20. The number of carbonyl (C=O) groups is 2. The number of aliphatic carboxylic acids is 2. The maximum Gasteiger partial charge on any atom is 0.323 e. The van der Waals surface area contributed by atoms with E-state index >= 15 is 0 Å². The zero-order valence-corrected chi connectivity index (χ0v) is 24.5. The van der Waals surface area contributed by atoms with Crippen LogP contribution in [0.4, 0.5) is 8.78 Å². The number of hydrogen-bond acceptors (Lipinski definition) is 5. The van der Waals surface area contributed by atoms with E-state index in [1.165, 1.54) is 23.9 Å². The molecule has 1 heterocycles. The van der Waals surface area contributed by atoms with Gasteiger partial charge in [-0.3, -0.25) is 9.59 Å². The molecule has 4 aromatic rings. The summed E-state index contributed by atoms with van der Waals surface area (Å²) < 4.78 is 39.8. The fourth-order valence-electron chi connectivity index (χ4n) is 4.83. The highest BCUT2D eigenvalue weighted by Crippen LogP contribution is 2.36. The minimum atomic E-state index is -0.985. The van der Waals surface area contributed by atoms with Gasteiger partial charge in [-0.25, -0.2) is 4.39 Å². The number of thioether (sulfide) groups is 1. The summed E-state index contributed by atoms with van der Waals surface area (Å²) in [4.78, 5) is 22.8. The van der Waals surface area contributed by atoms with Crippen LogP contribution >= 0.6 is 11.8 Å². The predicted molar refractivity (Wildman–Crippen MR) is 164 cm³/mol. The molecule has 226 valence electrons. The largest absolute Gasteiger partial charge is 0.494 e. The second kappa shape index (κ2) is 15.2. The number of rotatable bonds is 16. The van der Waals surface area contributed by atoms with Gasteiger partial charge in [0.25, 0.3) is 0 Å².